The third kappa shape index (κ3) is 4.42. The standard InChI is InChI=1S/C18H18ClNO5S/c1-9-11(3)26-17(16(9)18(23)24-4)20-15(22)8-25-14-6-5-12(19)7-13(14)10(2)21/h5-7H,8H2,1-4H3,(H,20,22). The maximum absolute atomic E-state index is 12.2. The van der Waals surface area contributed by atoms with Crippen molar-refractivity contribution in [2.75, 3.05) is 19.0 Å². The fraction of sp³-hybridized carbons (Fsp3) is 0.278. The molecule has 0 fully saturated rings. The van der Waals surface area contributed by atoms with Crippen molar-refractivity contribution in [2.45, 2.75) is 20.8 Å². The Morgan fingerprint density at radius 2 is 1.92 bits per heavy atom. The number of nitrogens with one attached hydrogen (secondary N) is 1. The highest BCUT2D eigenvalue weighted by atomic mass is 35.5. The zero-order chi connectivity index (χ0) is 19.4. The summed E-state index contributed by atoms with van der Waals surface area (Å²) in [5.41, 5.74) is 1.39. The average molecular weight is 396 g/mol. The highest BCUT2D eigenvalue weighted by Gasteiger charge is 2.22. The lowest BCUT2D eigenvalue weighted by molar-refractivity contribution is -0.118. The van der Waals surface area contributed by atoms with Gasteiger partial charge in [-0.2, -0.15) is 0 Å². The minimum absolute atomic E-state index is 0.222. The van der Waals surface area contributed by atoms with E-state index in [1.54, 1.807) is 13.0 Å². The lowest BCUT2D eigenvalue weighted by Gasteiger charge is -2.10. The van der Waals surface area contributed by atoms with Gasteiger partial charge < -0.3 is 14.8 Å². The summed E-state index contributed by atoms with van der Waals surface area (Å²) >= 11 is 7.16. The van der Waals surface area contributed by atoms with E-state index in [2.05, 4.69) is 5.32 Å². The summed E-state index contributed by atoms with van der Waals surface area (Å²) < 4.78 is 10.2. The number of Topliss-reactive ketones (excluding diaryl/α,β-unsaturated/α-hetero) is 1. The predicted octanol–water partition coefficient (Wildman–Crippen LogP) is 4.03. The molecule has 6 nitrogen and oxygen atoms in total. The first-order valence-electron chi connectivity index (χ1n) is 7.66. The van der Waals surface area contributed by atoms with E-state index in [0.29, 0.717) is 21.2 Å². The third-order valence-corrected chi connectivity index (χ3v) is 5.07. The first-order valence-corrected chi connectivity index (χ1v) is 8.85. The highest BCUT2D eigenvalue weighted by Crippen LogP contribution is 2.33. The summed E-state index contributed by atoms with van der Waals surface area (Å²) in [5.74, 6) is -0.926. The van der Waals surface area contributed by atoms with Gasteiger partial charge >= 0.3 is 5.97 Å². The number of carbonyl (C=O) groups is 3. The molecule has 1 amide bonds. The number of esters is 1. The number of anilines is 1. The average Bonchev–Trinajstić information content (AvgIpc) is 2.86. The predicted molar refractivity (Wildman–Crippen MR) is 101 cm³/mol. The Morgan fingerprint density at radius 3 is 2.54 bits per heavy atom. The van der Waals surface area contributed by atoms with E-state index in [1.807, 2.05) is 6.92 Å². The Labute approximate surface area is 160 Å². The van der Waals surface area contributed by atoms with Crippen LogP contribution in [-0.2, 0) is 9.53 Å². The minimum Gasteiger partial charge on any atom is -0.483 e. The molecule has 2 rings (SSSR count). The number of amides is 1. The molecule has 138 valence electrons. The van der Waals surface area contributed by atoms with Crippen LogP contribution in [0.25, 0.3) is 0 Å². The lowest BCUT2D eigenvalue weighted by atomic mass is 10.1. The number of methoxy groups -OCH3 is 1. The lowest BCUT2D eigenvalue weighted by Crippen LogP contribution is -2.21. The van der Waals surface area contributed by atoms with Crippen LogP contribution >= 0.6 is 22.9 Å². The molecule has 0 bridgehead atoms. The van der Waals surface area contributed by atoms with Gasteiger partial charge in [0.25, 0.3) is 5.91 Å². The summed E-state index contributed by atoms with van der Waals surface area (Å²) in [5, 5.41) is 3.47. The topological polar surface area (TPSA) is 81.7 Å². The molecule has 2 aromatic rings. The number of aryl methyl sites for hydroxylation is 1. The summed E-state index contributed by atoms with van der Waals surface area (Å²) in [6, 6.07) is 4.59. The molecule has 0 spiro atoms. The van der Waals surface area contributed by atoms with Crippen molar-refractivity contribution in [1.82, 2.24) is 0 Å². The van der Waals surface area contributed by atoms with Gasteiger partial charge in [0, 0.05) is 9.90 Å². The van der Waals surface area contributed by atoms with E-state index >= 15 is 0 Å². The second kappa shape index (κ2) is 8.33. The summed E-state index contributed by atoms with van der Waals surface area (Å²) in [6.45, 7) is 4.71. The second-order valence-corrected chi connectivity index (χ2v) is 7.17. The van der Waals surface area contributed by atoms with Gasteiger partial charge in [0.15, 0.2) is 12.4 Å². The van der Waals surface area contributed by atoms with Crippen LogP contribution in [0.1, 0.15) is 38.1 Å². The van der Waals surface area contributed by atoms with Crippen LogP contribution in [0.5, 0.6) is 5.75 Å². The molecular weight excluding hydrogens is 378 g/mol. The highest BCUT2D eigenvalue weighted by molar-refractivity contribution is 7.16. The van der Waals surface area contributed by atoms with Gasteiger partial charge in [-0.15, -0.1) is 11.3 Å². The number of ketones is 1. The van der Waals surface area contributed by atoms with Crippen LogP contribution in [0.3, 0.4) is 0 Å². The van der Waals surface area contributed by atoms with Gasteiger partial charge in [0.05, 0.1) is 18.2 Å². The van der Waals surface area contributed by atoms with Crippen LogP contribution in [0.15, 0.2) is 18.2 Å². The minimum atomic E-state index is -0.514. The molecule has 8 heteroatoms. The fourth-order valence-corrected chi connectivity index (χ4v) is 3.51. The number of halogens is 1. The van der Waals surface area contributed by atoms with E-state index in [-0.39, 0.29) is 18.1 Å². The zero-order valence-electron chi connectivity index (χ0n) is 14.8. The van der Waals surface area contributed by atoms with Crippen LogP contribution in [0.4, 0.5) is 5.00 Å². The summed E-state index contributed by atoms with van der Waals surface area (Å²) in [7, 11) is 1.29. The van der Waals surface area contributed by atoms with Gasteiger partial charge in [0.1, 0.15) is 10.8 Å². The van der Waals surface area contributed by atoms with Crippen molar-refractivity contribution in [3.63, 3.8) is 0 Å². The van der Waals surface area contributed by atoms with E-state index in [9.17, 15) is 14.4 Å². The largest absolute Gasteiger partial charge is 0.483 e. The van der Waals surface area contributed by atoms with Crippen molar-refractivity contribution in [3.8, 4) is 5.75 Å². The number of benzene rings is 1. The molecule has 0 aliphatic carbocycles. The maximum atomic E-state index is 12.2. The molecule has 1 heterocycles. The van der Waals surface area contributed by atoms with Crippen molar-refractivity contribution in [2.24, 2.45) is 0 Å². The van der Waals surface area contributed by atoms with E-state index < -0.39 is 11.9 Å². The normalized spacial score (nSPS) is 10.3. The smallest absolute Gasteiger partial charge is 0.341 e. The van der Waals surface area contributed by atoms with Gasteiger partial charge in [-0.25, -0.2) is 4.79 Å². The Morgan fingerprint density at radius 1 is 1.23 bits per heavy atom. The first kappa shape index (κ1) is 19.9. The quantitative estimate of drug-likeness (QED) is 0.590. The van der Waals surface area contributed by atoms with Gasteiger partial charge in [-0.05, 0) is 44.5 Å². The molecule has 26 heavy (non-hydrogen) atoms. The van der Waals surface area contributed by atoms with Crippen molar-refractivity contribution < 1.29 is 23.9 Å². The third-order valence-electron chi connectivity index (χ3n) is 3.71. The Kier molecular flexibility index (Phi) is 6.39. The molecular formula is C18H18ClNO5S. The zero-order valence-corrected chi connectivity index (χ0v) is 16.3. The first-order chi connectivity index (χ1) is 12.2. The van der Waals surface area contributed by atoms with Crippen LogP contribution in [-0.4, -0.2) is 31.4 Å². The van der Waals surface area contributed by atoms with Gasteiger partial charge in [0.2, 0.25) is 0 Å². The van der Waals surface area contributed by atoms with Crippen molar-refractivity contribution >= 4 is 45.6 Å². The summed E-state index contributed by atoms with van der Waals surface area (Å²) in [6.07, 6.45) is 0. The molecule has 0 aliphatic rings. The molecule has 1 N–H and O–H groups in total. The van der Waals surface area contributed by atoms with Gasteiger partial charge in [-0.3, -0.25) is 9.59 Å². The molecule has 0 radical (unpaired) electrons. The molecule has 1 aromatic heterocycles. The number of hydrogen-bond donors (Lipinski definition) is 1. The van der Waals surface area contributed by atoms with Gasteiger partial charge in [-0.1, -0.05) is 11.6 Å². The van der Waals surface area contributed by atoms with Crippen molar-refractivity contribution in [1.29, 1.82) is 0 Å². The molecule has 0 unspecified atom stereocenters. The number of thiophene rings is 1. The number of rotatable bonds is 6. The Balaban J connectivity index is 2.13. The van der Waals surface area contributed by atoms with E-state index in [1.165, 1.54) is 37.5 Å². The monoisotopic (exact) mass is 395 g/mol. The van der Waals surface area contributed by atoms with Crippen LogP contribution in [0, 0.1) is 13.8 Å². The molecule has 1 aromatic carbocycles. The Hall–Kier alpha value is -2.38. The van der Waals surface area contributed by atoms with Crippen molar-refractivity contribution in [3.05, 3.63) is 44.8 Å². The SMILES string of the molecule is COC(=O)c1c(NC(=O)COc2ccc(Cl)cc2C(C)=O)sc(C)c1C. The van der Waals surface area contributed by atoms with Crippen LogP contribution < -0.4 is 10.1 Å². The number of hydrogen-bond acceptors (Lipinski definition) is 6. The Bertz CT molecular complexity index is 875. The van der Waals surface area contributed by atoms with Crippen LogP contribution in [0.2, 0.25) is 5.02 Å². The molecule has 0 saturated heterocycles. The summed E-state index contributed by atoms with van der Waals surface area (Å²) in [4.78, 5) is 36.7. The van der Waals surface area contributed by atoms with E-state index in [0.717, 1.165) is 10.4 Å². The van der Waals surface area contributed by atoms with E-state index in [4.69, 9.17) is 21.1 Å². The maximum Gasteiger partial charge on any atom is 0.341 e. The second-order valence-electron chi connectivity index (χ2n) is 5.51. The number of carbonyl (C=O) groups excluding carboxylic acids is 3. The molecule has 0 aliphatic heterocycles. The molecule has 0 atom stereocenters. The molecule has 0 saturated carbocycles. The fourth-order valence-electron chi connectivity index (χ4n) is 2.27. The number of ether oxygens (including phenoxy) is 2.